The van der Waals surface area contributed by atoms with Crippen LogP contribution in [0.25, 0.3) is 0 Å². The summed E-state index contributed by atoms with van der Waals surface area (Å²) < 4.78 is 5.36. The first-order valence-corrected chi connectivity index (χ1v) is 7.05. The van der Waals surface area contributed by atoms with Gasteiger partial charge in [0, 0.05) is 5.56 Å². The van der Waals surface area contributed by atoms with Gasteiger partial charge in [0.1, 0.15) is 5.75 Å². The van der Waals surface area contributed by atoms with E-state index in [2.05, 4.69) is 0 Å². The molecule has 1 atom stereocenters. The number of ether oxygens (including phenoxy) is 1. The van der Waals surface area contributed by atoms with E-state index in [-0.39, 0.29) is 0 Å². The summed E-state index contributed by atoms with van der Waals surface area (Å²) >= 11 is 6.25. The molecule has 3 nitrogen and oxygen atoms in total. The molecule has 4 heteroatoms. The molecule has 0 fully saturated rings. The quantitative estimate of drug-likeness (QED) is 0.858. The molecule has 1 aromatic rings. The van der Waals surface area contributed by atoms with Crippen molar-refractivity contribution < 1.29 is 14.6 Å². The second-order valence-electron chi connectivity index (χ2n) is 5.06. The van der Waals surface area contributed by atoms with Crippen molar-refractivity contribution in [1.82, 2.24) is 0 Å². The van der Waals surface area contributed by atoms with Gasteiger partial charge in [-0.3, -0.25) is 4.79 Å². The van der Waals surface area contributed by atoms with Gasteiger partial charge < -0.3 is 9.84 Å². The minimum atomic E-state index is -0.841. The predicted octanol–water partition coefficient (Wildman–Crippen LogP) is 3.81. The second-order valence-corrected chi connectivity index (χ2v) is 5.47. The van der Waals surface area contributed by atoms with Gasteiger partial charge in [0.25, 0.3) is 0 Å². The van der Waals surface area contributed by atoms with Crippen LogP contribution in [0, 0.1) is 0 Å². The number of methoxy groups -OCH3 is 1. The Morgan fingerprint density at radius 3 is 2.68 bits per heavy atom. The SMILES string of the molecule is COc1c(Cl)cc2c(c1C(C)C(=O)O)CCCCC2. The Kier molecular flexibility index (Phi) is 4.35. The molecular formula is C15H19ClO3. The lowest BCUT2D eigenvalue weighted by molar-refractivity contribution is -0.138. The van der Waals surface area contributed by atoms with Gasteiger partial charge >= 0.3 is 5.97 Å². The molecule has 1 aromatic carbocycles. The first-order chi connectivity index (χ1) is 9.06. The zero-order valence-electron chi connectivity index (χ0n) is 11.3. The topological polar surface area (TPSA) is 46.5 Å². The Labute approximate surface area is 118 Å². The lowest BCUT2D eigenvalue weighted by atomic mass is 9.89. The van der Waals surface area contributed by atoms with Crippen molar-refractivity contribution in [2.24, 2.45) is 0 Å². The number of carbonyl (C=O) groups is 1. The van der Waals surface area contributed by atoms with Crippen molar-refractivity contribution >= 4 is 17.6 Å². The smallest absolute Gasteiger partial charge is 0.310 e. The summed E-state index contributed by atoms with van der Waals surface area (Å²) in [5, 5.41) is 9.84. The predicted molar refractivity (Wildman–Crippen MR) is 75.3 cm³/mol. The van der Waals surface area contributed by atoms with Gasteiger partial charge in [-0.25, -0.2) is 0 Å². The Hall–Kier alpha value is -1.22. The standard InChI is InChI=1S/C15H19ClO3/c1-9(15(17)18)13-11-7-5-3-4-6-10(11)8-12(16)14(13)19-2/h8-9H,3-7H2,1-2H3,(H,17,18). The number of aliphatic carboxylic acids is 1. The van der Waals surface area contributed by atoms with Crippen LogP contribution < -0.4 is 4.74 Å². The van der Waals surface area contributed by atoms with E-state index in [9.17, 15) is 9.90 Å². The largest absolute Gasteiger partial charge is 0.495 e. The summed E-state index contributed by atoms with van der Waals surface area (Å²) in [6, 6.07) is 1.94. The van der Waals surface area contributed by atoms with Crippen molar-refractivity contribution in [3.63, 3.8) is 0 Å². The van der Waals surface area contributed by atoms with E-state index >= 15 is 0 Å². The van der Waals surface area contributed by atoms with E-state index in [0.717, 1.165) is 36.8 Å². The number of hydrogen-bond donors (Lipinski definition) is 1. The minimum absolute atomic E-state index is 0.520. The van der Waals surface area contributed by atoms with E-state index in [1.165, 1.54) is 12.0 Å². The Bertz CT molecular complexity index is 497. The van der Waals surface area contributed by atoms with E-state index in [1.807, 2.05) is 6.07 Å². The fourth-order valence-electron chi connectivity index (χ4n) is 2.85. The first-order valence-electron chi connectivity index (χ1n) is 6.67. The average Bonchev–Trinajstić information content (AvgIpc) is 2.61. The van der Waals surface area contributed by atoms with Crippen LogP contribution in [0.5, 0.6) is 5.75 Å². The van der Waals surface area contributed by atoms with Gasteiger partial charge in [0.2, 0.25) is 0 Å². The molecule has 19 heavy (non-hydrogen) atoms. The van der Waals surface area contributed by atoms with Gasteiger partial charge in [-0.2, -0.15) is 0 Å². The molecule has 2 rings (SSSR count). The first kappa shape index (κ1) is 14.2. The molecule has 0 spiro atoms. The summed E-state index contributed by atoms with van der Waals surface area (Å²) in [7, 11) is 1.54. The van der Waals surface area contributed by atoms with Crippen molar-refractivity contribution in [3.8, 4) is 5.75 Å². The Morgan fingerprint density at radius 1 is 1.37 bits per heavy atom. The molecule has 1 unspecified atom stereocenters. The third-order valence-corrected chi connectivity index (χ3v) is 4.14. The molecule has 0 bridgehead atoms. The Morgan fingerprint density at radius 2 is 2.05 bits per heavy atom. The number of hydrogen-bond acceptors (Lipinski definition) is 2. The molecule has 1 aliphatic carbocycles. The lowest BCUT2D eigenvalue weighted by Gasteiger charge is -2.20. The molecule has 104 valence electrons. The van der Waals surface area contributed by atoms with Crippen molar-refractivity contribution in [2.45, 2.75) is 44.9 Å². The highest BCUT2D eigenvalue weighted by Crippen LogP contribution is 2.40. The number of benzene rings is 1. The third kappa shape index (κ3) is 2.71. The molecule has 0 aliphatic heterocycles. The normalized spacial score (nSPS) is 16.4. The van der Waals surface area contributed by atoms with Crippen molar-refractivity contribution in [2.75, 3.05) is 7.11 Å². The molecule has 0 radical (unpaired) electrons. The lowest BCUT2D eigenvalue weighted by Crippen LogP contribution is -2.13. The van der Waals surface area contributed by atoms with Gasteiger partial charge in [0.15, 0.2) is 0 Å². The minimum Gasteiger partial charge on any atom is -0.495 e. The van der Waals surface area contributed by atoms with Crippen molar-refractivity contribution in [3.05, 3.63) is 27.8 Å². The molecule has 0 amide bonds. The summed E-state index contributed by atoms with van der Waals surface area (Å²) in [5.41, 5.74) is 3.08. The van der Waals surface area contributed by atoms with Crippen LogP contribution in [-0.2, 0) is 17.6 Å². The number of fused-ring (bicyclic) bond motifs is 1. The molecule has 0 aromatic heterocycles. The third-order valence-electron chi connectivity index (χ3n) is 3.86. The van der Waals surface area contributed by atoms with Gasteiger partial charge in [0.05, 0.1) is 18.1 Å². The van der Waals surface area contributed by atoms with E-state index in [0.29, 0.717) is 10.8 Å². The maximum atomic E-state index is 11.4. The van der Waals surface area contributed by atoms with Gasteiger partial charge in [-0.15, -0.1) is 0 Å². The molecular weight excluding hydrogens is 264 g/mol. The maximum absolute atomic E-state index is 11.4. The number of carboxylic acids is 1. The van der Waals surface area contributed by atoms with Crippen LogP contribution in [0.2, 0.25) is 5.02 Å². The zero-order chi connectivity index (χ0) is 14.0. The van der Waals surface area contributed by atoms with E-state index < -0.39 is 11.9 Å². The fraction of sp³-hybridized carbons (Fsp3) is 0.533. The van der Waals surface area contributed by atoms with Crippen LogP contribution in [-0.4, -0.2) is 18.2 Å². The van der Waals surface area contributed by atoms with Gasteiger partial charge in [-0.05, 0) is 49.8 Å². The summed E-state index contributed by atoms with van der Waals surface area (Å²) in [6.07, 6.45) is 5.29. The highest BCUT2D eigenvalue weighted by Gasteiger charge is 2.26. The number of rotatable bonds is 3. The zero-order valence-corrected chi connectivity index (χ0v) is 12.1. The molecule has 0 saturated carbocycles. The summed E-state index contributed by atoms with van der Waals surface area (Å²) in [5.74, 6) is -0.912. The van der Waals surface area contributed by atoms with Crippen LogP contribution in [0.1, 0.15) is 48.8 Å². The maximum Gasteiger partial charge on any atom is 0.310 e. The van der Waals surface area contributed by atoms with Crippen LogP contribution in [0.3, 0.4) is 0 Å². The monoisotopic (exact) mass is 282 g/mol. The number of carboxylic acid groups (broad SMARTS) is 1. The fourth-order valence-corrected chi connectivity index (χ4v) is 3.16. The summed E-state index contributed by atoms with van der Waals surface area (Å²) in [6.45, 7) is 1.70. The second kappa shape index (κ2) is 5.83. The highest BCUT2D eigenvalue weighted by molar-refractivity contribution is 6.32. The van der Waals surface area contributed by atoms with Crippen LogP contribution in [0.15, 0.2) is 6.07 Å². The average molecular weight is 283 g/mol. The molecule has 0 saturated heterocycles. The number of aryl methyl sites for hydroxylation is 1. The van der Waals surface area contributed by atoms with Gasteiger partial charge in [-0.1, -0.05) is 18.0 Å². The van der Waals surface area contributed by atoms with Crippen molar-refractivity contribution in [1.29, 1.82) is 0 Å². The molecule has 0 heterocycles. The van der Waals surface area contributed by atoms with Crippen LogP contribution in [0.4, 0.5) is 0 Å². The Balaban J connectivity index is 2.65. The molecule has 1 aliphatic rings. The molecule has 1 N–H and O–H groups in total. The summed E-state index contributed by atoms with van der Waals surface area (Å²) in [4.78, 5) is 11.4. The highest BCUT2D eigenvalue weighted by atomic mass is 35.5. The van der Waals surface area contributed by atoms with Crippen LogP contribution >= 0.6 is 11.6 Å². The van der Waals surface area contributed by atoms with E-state index in [1.54, 1.807) is 14.0 Å². The van der Waals surface area contributed by atoms with E-state index in [4.69, 9.17) is 16.3 Å². The number of halogens is 1.